The van der Waals surface area contributed by atoms with Crippen molar-refractivity contribution in [2.75, 3.05) is 4.90 Å². The average molecular weight is 780 g/mol. The van der Waals surface area contributed by atoms with E-state index < -0.39 is 5.41 Å². The van der Waals surface area contributed by atoms with E-state index in [9.17, 15) is 0 Å². The molecule has 2 aliphatic carbocycles. The predicted octanol–water partition coefficient (Wildman–Crippen LogP) is 15.6. The Morgan fingerprint density at radius 1 is 0.393 bits per heavy atom. The summed E-state index contributed by atoms with van der Waals surface area (Å²) < 4.78 is 6.46. The Morgan fingerprint density at radius 3 is 1.66 bits per heavy atom. The molecule has 9 aromatic carbocycles. The van der Waals surface area contributed by atoms with Gasteiger partial charge in [-0.1, -0.05) is 182 Å². The normalized spacial score (nSPS) is 13.7. The average Bonchev–Trinajstić information content (AvgIpc) is 3.87. The van der Waals surface area contributed by atoms with E-state index in [0.717, 1.165) is 63.0 Å². The van der Waals surface area contributed by atoms with Crippen LogP contribution in [0.5, 0.6) is 0 Å². The van der Waals surface area contributed by atoms with E-state index in [0.29, 0.717) is 0 Å². The standard InChI is InChI=1S/C59H41NO/c1-2-15-45(16-3-1)59(55-22-9-6-17-51(55)52-18-7-10-23-56(52)59)46-31-37-49(38-32-46)60(47-33-27-41(28-34-47)44-26-25-40-13-4-5-14-43(40)39-44)48-35-29-42(30-36-48)50-20-12-21-54-53-19-8-11-24-57(53)61-58(50)54/h1-24,27-39H,25-26H2. The maximum Gasteiger partial charge on any atom is 0.143 e. The van der Waals surface area contributed by atoms with Gasteiger partial charge in [-0.25, -0.2) is 0 Å². The summed E-state index contributed by atoms with van der Waals surface area (Å²) in [5.41, 5.74) is 20.0. The van der Waals surface area contributed by atoms with Gasteiger partial charge in [-0.3, -0.25) is 0 Å². The summed E-state index contributed by atoms with van der Waals surface area (Å²) in [6.07, 6.45) is 4.47. The first-order valence-corrected chi connectivity index (χ1v) is 21.3. The number of rotatable bonds is 7. The van der Waals surface area contributed by atoms with Gasteiger partial charge in [-0.15, -0.1) is 0 Å². The third kappa shape index (κ3) is 5.64. The highest BCUT2D eigenvalue weighted by Crippen LogP contribution is 2.56. The van der Waals surface area contributed by atoms with E-state index in [2.05, 4.69) is 217 Å². The van der Waals surface area contributed by atoms with Crippen molar-refractivity contribution in [3.8, 4) is 22.3 Å². The fraction of sp³-hybridized carbons (Fsp3) is 0.0508. The lowest BCUT2D eigenvalue weighted by Gasteiger charge is -2.34. The molecule has 1 heterocycles. The van der Waals surface area contributed by atoms with E-state index in [-0.39, 0.29) is 0 Å². The van der Waals surface area contributed by atoms with Crippen LogP contribution in [0.4, 0.5) is 17.1 Å². The van der Waals surface area contributed by atoms with E-state index in [1.165, 1.54) is 55.6 Å². The highest BCUT2D eigenvalue weighted by Gasteiger charge is 2.45. The van der Waals surface area contributed by atoms with Gasteiger partial charge >= 0.3 is 0 Å². The van der Waals surface area contributed by atoms with Crippen molar-refractivity contribution >= 4 is 50.6 Å². The van der Waals surface area contributed by atoms with Gasteiger partial charge in [0, 0.05) is 33.4 Å². The quantitative estimate of drug-likeness (QED) is 0.160. The highest BCUT2D eigenvalue weighted by molar-refractivity contribution is 6.09. The lowest BCUT2D eigenvalue weighted by Crippen LogP contribution is -2.28. The van der Waals surface area contributed by atoms with Crippen molar-refractivity contribution in [3.63, 3.8) is 0 Å². The molecule has 0 amide bonds. The molecule has 2 aliphatic rings. The van der Waals surface area contributed by atoms with Crippen LogP contribution < -0.4 is 4.90 Å². The van der Waals surface area contributed by atoms with E-state index in [4.69, 9.17) is 4.42 Å². The molecule has 2 heteroatoms. The van der Waals surface area contributed by atoms with Gasteiger partial charge in [-0.05, 0) is 117 Å². The Labute approximate surface area is 356 Å². The Kier molecular flexibility index (Phi) is 8.24. The van der Waals surface area contributed by atoms with Crippen LogP contribution in [0, 0.1) is 0 Å². The first-order valence-electron chi connectivity index (χ1n) is 21.3. The van der Waals surface area contributed by atoms with Crippen molar-refractivity contribution in [2.24, 2.45) is 0 Å². The molecule has 12 rings (SSSR count). The van der Waals surface area contributed by atoms with Crippen LogP contribution in [0.3, 0.4) is 0 Å². The third-order valence-electron chi connectivity index (χ3n) is 13.1. The van der Waals surface area contributed by atoms with Gasteiger partial charge < -0.3 is 9.32 Å². The maximum atomic E-state index is 6.46. The number of para-hydroxylation sites is 2. The molecule has 10 aromatic rings. The van der Waals surface area contributed by atoms with Crippen LogP contribution >= 0.6 is 0 Å². The lowest BCUT2D eigenvalue weighted by molar-refractivity contribution is 0.670. The summed E-state index contributed by atoms with van der Waals surface area (Å²) in [4.78, 5) is 2.38. The SMILES string of the molecule is C1=C(c2ccc(N(c3ccc(-c4cccc5c4oc4ccccc45)cc3)c3ccc(C4(c5ccccc5)c5ccccc5-c5ccccc54)cc3)cc2)CCc2ccccc21. The Hall–Kier alpha value is -7.68. The van der Waals surface area contributed by atoms with E-state index in [1.807, 2.05) is 12.1 Å². The topological polar surface area (TPSA) is 16.4 Å². The van der Waals surface area contributed by atoms with Crippen molar-refractivity contribution < 1.29 is 4.42 Å². The molecule has 61 heavy (non-hydrogen) atoms. The van der Waals surface area contributed by atoms with Crippen LogP contribution in [0.1, 0.15) is 45.4 Å². The van der Waals surface area contributed by atoms with Crippen LogP contribution in [0.25, 0.3) is 55.8 Å². The minimum atomic E-state index is -0.453. The van der Waals surface area contributed by atoms with Gasteiger partial charge in [0.25, 0.3) is 0 Å². The highest BCUT2D eigenvalue weighted by atomic mass is 16.3. The van der Waals surface area contributed by atoms with Crippen molar-refractivity contribution in [3.05, 3.63) is 257 Å². The summed E-state index contributed by atoms with van der Waals surface area (Å²) in [6.45, 7) is 0. The molecule has 0 N–H and O–H groups in total. The zero-order valence-corrected chi connectivity index (χ0v) is 33.6. The molecule has 0 aliphatic heterocycles. The van der Waals surface area contributed by atoms with E-state index >= 15 is 0 Å². The molecule has 0 bridgehead atoms. The molecule has 2 nitrogen and oxygen atoms in total. The van der Waals surface area contributed by atoms with Crippen molar-refractivity contribution in [1.29, 1.82) is 0 Å². The number of furan rings is 1. The van der Waals surface area contributed by atoms with Crippen molar-refractivity contribution in [1.82, 2.24) is 0 Å². The molecule has 0 saturated carbocycles. The molecule has 0 saturated heterocycles. The Morgan fingerprint density at radius 2 is 0.934 bits per heavy atom. The predicted molar refractivity (Wildman–Crippen MR) is 254 cm³/mol. The molecular weight excluding hydrogens is 739 g/mol. The van der Waals surface area contributed by atoms with Gasteiger partial charge in [0.2, 0.25) is 0 Å². The second-order valence-electron chi connectivity index (χ2n) is 16.3. The number of allylic oxidation sites excluding steroid dienone is 1. The fourth-order valence-corrected chi connectivity index (χ4v) is 10.3. The van der Waals surface area contributed by atoms with Crippen LogP contribution in [0.15, 0.2) is 223 Å². The molecular formula is C59H41NO. The third-order valence-corrected chi connectivity index (χ3v) is 13.1. The molecule has 0 spiro atoms. The minimum Gasteiger partial charge on any atom is -0.455 e. The zero-order chi connectivity index (χ0) is 40.3. The number of hydrogen-bond acceptors (Lipinski definition) is 2. The molecule has 0 radical (unpaired) electrons. The van der Waals surface area contributed by atoms with Gasteiger partial charge in [-0.2, -0.15) is 0 Å². The molecule has 288 valence electrons. The van der Waals surface area contributed by atoms with Crippen LogP contribution in [-0.4, -0.2) is 0 Å². The first kappa shape index (κ1) is 35.3. The molecule has 1 aromatic heterocycles. The maximum absolute atomic E-state index is 6.46. The first-order chi connectivity index (χ1) is 30.2. The monoisotopic (exact) mass is 779 g/mol. The molecule has 0 unspecified atom stereocenters. The smallest absolute Gasteiger partial charge is 0.143 e. The summed E-state index contributed by atoms with van der Waals surface area (Å²) in [5, 5.41) is 2.28. The number of anilines is 3. The lowest BCUT2D eigenvalue weighted by atomic mass is 9.68. The summed E-state index contributed by atoms with van der Waals surface area (Å²) in [6, 6.07) is 79.8. The number of benzene rings is 9. The fourth-order valence-electron chi connectivity index (χ4n) is 10.3. The van der Waals surface area contributed by atoms with Crippen LogP contribution in [-0.2, 0) is 11.8 Å². The second kappa shape index (κ2) is 14.3. The van der Waals surface area contributed by atoms with Crippen LogP contribution in [0.2, 0.25) is 0 Å². The Balaban J connectivity index is 0.980. The zero-order valence-electron chi connectivity index (χ0n) is 33.6. The minimum absolute atomic E-state index is 0.453. The second-order valence-corrected chi connectivity index (χ2v) is 16.3. The summed E-state index contributed by atoms with van der Waals surface area (Å²) in [7, 11) is 0. The van der Waals surface area contributed by atoms with Gasteiger partial charge in [0.1, 0.15) is 11.2 Å². The van der Waals surface area contributed by atoms with Crippen molar-refractivity contribution in [2.45, 2.75) is 18.3 Å². The largest absolute Gasteiger partial charge is 0.455 e. The molecule has 0 atom stereocenters. The summed E-state index contributed by atoms with van der Waals surface area (Å²) in [5.74, 6) is 0. The number of aryl methyl sites for hydroxylation is 1. The van der Waals surface area contributed by atoms with Gasteiger partial charge in [0.05, 0.1) is 5.41 Å². The number of hydrogen-bond donors (Lipinski definition) is 0. The Bertz CT molecular complexity index is 3240. The van der Waals surface area contributed by atoms with Gasteiger partial charge in [0.15, 0.2) is 0 Å². The molecule has 0 fully saturated rings. The number of fused-ring (bicyclic) bond motifs is 7. The summed E-state index contributed by atoms with van der Waals surface area (Å²) >= 11 is 0. The van der Waals surface area contributed by atoms with E-state index in [1.54, 1.807) is 0 Å². The number of nitrogens with zero attached hydrogens (tertiary/aromatic N) is 1.